The van der Waals surface area contributed by atoms with E-state index in [1.807, 2.05) is 30.3 Å². The molecular formula is C15H16N2O3. The Morgan fingerprint density at radius 1 is 1.25 bits per heavy atom. The van der Waals surface area contributed by atoms with Crippen LogP contribution < -0.4 is 5.73 Å². The number of aromatic nitrogens is 1. The fourth-order valence-corrected chi connectivity index (χ4v) is 1.74. The molecule has 1 aromatic carbocycles. The molecular weight excluding hydrogens is 256 g/mol. The first kappa shape index (κ1) is 14.2. The number of benzene rings is 1. The number of methoxy groups -OCH3 is 1. The van der Waals surface area contributed by atoms with Crippen LogP contribution in [0.3, 0.4) is 0 Å². The van der Waals surface area contributed by atoms with Gasteiger partial charge in [0.1, 0.15) is 5.69 Å². The summed E-state index contributed by atoms with van der Waals surface area (Å²) in [4.78, 5) is 14.9. The SMILES string of the molecule is COC(OCc1ccccc1)c1ccc(C(N)=O)nc1. The van der Waals surface area contributed by atoms with Crippen LogP contribution in [0.15, 0.2) is 48.7 Å². The molecule has 20 heavy (non-hydrogen) atoms. The molecule has 0 bridgehead atoms. The van der Waals surface area contributed by atoms with Gasteiger partial charge in [-0.1, -0.05) is 36.4 Å². The fraction of sp³-hybridized carbons (Fsp3) is 0.200. The van der Waals surface area contributed by atoms with E-state index < -0.39 is 12.2 Å². The predicted octanol–water partition coefficient (Wildman–Crippen LogP) is 2.04. The second kappa shape index (κ2) is 6.79. The number of pyridine rings is 1. The number of carbonyl (C=O) groups excluding carboxylic acids is 1. The van der Waals surface area contributed by atoms with Crippen LogP contribution in [0.2, 0.25) is 0 Å². The average Bonchev–Trinajstić information content (AvgIpc) is 2.49. The number of rotatable bonds is 6. The number of carbonyl (C=O) groups is 1. The van der Waals surface area contributed by atoms with Crippen molar-refractivity contribution in [2.45, 2.75) is 12.9 Å². The van der Waals surface area contributed by atoms with Gasteiger partial charge in [-0.05, 0) is 11.6 Å². The van der Waals surface area contributed by atoms with Gasteiger partial charge in [-0.3, -0.25) is 9.78 Å². The number of nitrogens with two attached hydrogens (primary N) is 1. The van der Waals surface area contributed by atoms with Gasteiger partial charge >= 0.3 is 0 Å². The fourth-order valence-electron chi connectivity index (χ4n) is 1.74. The van der Waals surface area contributed by atoms with Gasteiger partial charge in [0, 0.05) is 18.9 Å². The van der Waals surface area contributed by atoms with Gasteiger partial charge < -0.3 is 15.2 Å². The second-order valence-electron chi connectivity index (χ2n) is 4.21. The topological polar surface area (TPSA) is 74.4 Å². The third-order valence-corrected chi connectivity index (χ3v) is 2.77. The Kier molecular flexibility index (Phi) is 4.81. The van der Waals surface area contributed by atoms with Crippen LogP contribution in [0.1, 0.15) is 27.9 Å². The van der Waals surface area contributed by atoms with E-state index in [1.54, 1.807) is 19.2 Å². The maximum atomic E-state index is 11.0. The molecule has 2 N–H and O–H groups in total. The lowest BCUT2D eigenvalue weighted by Crippen LogP contribution is -2.14. The first-order valence-electron chi connectivity index (χ1n) is 6.15. The van der Waals surface area contributed by atoms with Crippen molar-refractivity contribution in [2.75, 3.05) is 7.11 Å². The number of primary amides is 1. The van der Waals surface area contributed by atoms with Gasteiger partial charge in [0.15, 0.2) is 6.29 Å². The van der Waals surface area contributed by atoms with E-state index >= 15 is 0 Å². The van der Waals surface area contributed by atoms with Gasteiger partial charge in [0.25, 0.3) is 5.91 Å². The van der Waals surface area contributed by atoms with Crippen LogP contribution in [-0.4, -0.2) is 18.0 Å². The van der Waals surface area contributed by atoms with Crippen LogP contribution >= 0.6 is 0 Å². The molecule has 0 radical (unpaired) electrons. The molecule has 2 aromatic rings. The molecule has 1 aromatic heterocycles. The normalized spacial score (nSPS) is 12.1. The summed E-state index contributed by atoms with van der Waals surface area (Å²) >= 11 is 0. The highest BCUT2D eigenvalue weighted by atomic mass is 16.7. The van der Waals surface area contributed by atoms with Crippen LogP contribution in [0.25, 0.3) is 0 Å². The van der Waals surface area contributed by atoms with Crippen LogP contribution in [-0.2, 0) is 16.1 Å². The molecule has 0 saturated heterocycles. The highest BCUT2D eigenvalue weighted by molar-refractivity contribution is 5.90. The standard InChI is InChI=1S/C15H16N2O3/c1-19-15(20-10-11-5-3-2-4-6-11)12-7-8-13(14(16)18)17-9-12/h2-9,15H,10H2,1H3,(H2,16,18). The van der Waals surface area contributed by atoms with Crippen molar-refractivity contribution in [2.24, 2.45) is 5.73 Å². The summed E-state index contributed by atoms with van der Waals surface area (Å²) in [6.45, 7) is 0.427. The molecule has 1 atom stereocenters. The number of amides is 1. The summed E-state index contributed by atoms with van der Waals surface area (Å²) in [6.07, 6.45) is 0.990. The molecule has 5 heteroatoms. The quantitative estimate of drug-likeness (QED) is 0.817. The summed E-state index contributed by atoms with van der Waals surface area (Å²) in [7, 11) is 1.55. The monoisotopic (exact) mass is 272 g/mol. The Labute approximate surface area is 117 Å². The van der Waals surface area contributed by atoms with E-state index in [4.69, 9.17) is 15.2 Å². The molecule has 2 rings (SSSR count). The van der Waals surface area contributed by atoms with Crippen molar-refractivity contribution < 1.29 is 14.3 Å². The molecule has 0 fully saturated rings. The zero-order valence-corrected chi connectivity index (χ0v) is 11.2. The lowest BCUT2D eigenvalue weighted by atomic mass is 10.2. The Hall–Kier alpha value is -2.24. The minimum atomic E-state index is -0.560. The highest BCUT2D eigenvalue weighted by Crippen LogP contribution is 2.19. The summed E-state index contributed by atoms with van der Waals surface area (Å²) in [5.41, 5.74) is 7.14. The minimum Gasteiger partial charge on any atom is -0.364 e. The summed E-state index contributed by atoms with van der Waals surface area (Å²) in [5, 5.41) is 0. The van der Waals surface area contributed by atoms with E-state index in [-0.39, 0.29) is 5.69 Å². The smallest absolute Gasteiger partial charge is 0.267 e. The molecule has 1 heterocycles. The molecule has 0 aliphatic heterocycles. The molecule has 1 amide bonds. The molecule has 1 unspecified atom stereocenters. The Balaban J connectivity index is 2.02. The van der Waals surface area contributed by atoms with Gasteiger partial charge in [-0.25, -0.2) is 0 Å². The molecule has 5 nitrogen and oxygen atoms in total. The zero-order valence-electron chi connectivity index (χ0n) is 11.2. The van der Waals surface area contributed by atoms with Crippen molar-refractivity contribution >= 4 is 5.91 Å². The molecule has 0 saturated carbocycles. The van der Waals surface area contributed by atoms with E-state index in [1.165, 1.54) is 6.20 Å². The van der Waals surface area contributed by atoms with Crippen molar-refractivity contribution in [3.8, 4) is 0 Å². The molecule has 0 aliphatic carbocycles. The number of nitrogens with zero attached hydrogens (tertiary/aromatic N) is 1. The van der Waals surface area contributed by atoms with Crippen LogP contribution in [0.5, 0.6) is 0 Å². The third kappa shape index (κ3) is 3.63. The first-order chi connectivity index (χ1) is 9.70. The van der Waals surface area contributed by atoms with E-state index in [2.05, 4.69) is 4.98 Å². The van der Waals surface area contributed by atoms with Crippen LogP contribution in [0.4, 0.5) is 0 Å². The molecule has 0 spiro atoms. The average molecular weight is 272 g/mol. The van der Waals surface area contributed by atoms with Gasteiger partial charge in [-0.15, -0.1) is 0 Å². The zero-order chi connectivity index (χ0) is 14.4. The lowest BCUT2D eigenvalue weighted by molar-refractivity contribution is -0.136. The minimum absolute atomic E-state index is 0.215. The maximum absolute atomic E-state index is 11.0. The number of hydrogen-bond donors (Lipinski definition) is 1. The predicted molar refractivity (Wildman–Crippen MR) is 73.7 cm³/mol. The van der Waals surface area contributed by atoms with E-state index in [0.717, 1.165) is 11.1 Å². The van der Waals surface area contributed by atoms with Crippen molar-refractivity contribution in [1.29, 1.82) is 0 Å². The Morgan fingerprint density at radius 2 is 2.00 bits per heavy atom. The van der Waals surface area contributed by atoms with Crippen LogP contribution in [0, 0.1) is 0 Å². The number of ether oxygens (including phenoxy) is 2. The first-order valence-corrected chi connectivity index (χ1v) is 6.15. The third-order valence-electron chi connectivity index (χ3n) is 2.77. The number of hydrogen-bond acceptors (Lipinski definition) is 4. The summed E-state index contributed by atoms with van der Waals surface area (Å²) < 4.78 is 11.0. The second-order valence-corrected chi connectivity index (χ2v) is 4.21. The lowest BCUT2D eigenvalue weighted by Gasteiger charge is -2.16. The van der Waals surface area contributed by atoms with E-state index in [0.29, 0.717) is 6.61 Å². The van der Waals surface area contributed by atoms with E-state index in [9.17, 15) is 4.79 Å². The molecule has 0 aliphatic rings. The van der Waals surface area contributed by atoms with Crippen molar-refractivity contribution in [1.82, 2.24) is 4.98 Å². The Morgan fingerprint density at radius 3 is 2.55 bits per heavy atom. The highest BCUT2D eigenvalue weighted by Gasteiger charge is 2.12. The Bertz CT molecular complexity index is 555. The maximum Gasteiger partial charge on any atom is 0.267 e. The van der Waals surface area contributed by atoms with Crippen molar-refractivity contribution in [3.05, 3.63) is 65.5 Å². The molecule has 104 valence electrons. The summed E-state index contributed by atoms with van der Waals surface area (Å²) in [6, 6.07) is 13.1. The van der Waals surface area contributed by atoms with Crippen molar-refractivity contribution in [3.63, 3.8) is 0 Å². The largest absolute Gasteiger partial charge is 0.364 e. The van der Waals surface area contributed by atoms with Gasteiger partial charge in [0.05, 0.1) is 6.61 Å². The summed E-state index contributed by atoms with van der Waals surface area (Å²) in [5.74, 6) is -0.560. The van der Waals surface area contributed by atoms with Gasteiger partial charge in [0.2, 0.25) is 0 Å². The van der Waals surface area contributed by atoms with Gasteiger partial charge in [-0.2, -0.15) is 0 Å².